The number of aromatic nitrogens is 1. The Hall–Kier alpha value is -2.86. The van der Waals surface area contributed by atoms with Gasteiger partial charge in [0.05, 0.1) is 18.5 Å². The minimum Gasteiger partial charge on any atom is -0.490 e. The van der Waals surface area contributed by atoms with Crippen LogP contribution in [0.15, 0.2) is 46.9 Å². The van der Waals surface area contributed by atoms with E-state index in [0.717, 1.165) is 22.1 Å². The standard InChI is InChI=1S/C22H25N3O2S/c1-5-26-21-11-18(12-23-25-22-24-17(4)14-28-22)8-9-20(21)27-13-19-10-15(2)6-7-16(19)3/h6-12,14H,5,13H2,1-4H3,(H,24,25)/b23-12-. The van der Waals surface area contributed by atoms with Crippen molar-refractivity contribution in [2.45, 2.75) is 34.3 Å². The van der Waals surface area contributed by atoms with Crippen molar-refractivity contribution in [2.24, 2.45) is 5.10 Å². The predicted molar refractivity (Wildman–Crippen MR) is 116 cm³/mol. The highest BCUT2D eigenvalue weighted by Crippen LogP contribution is 2.29. The quantitative estimate of drug-likeness (QED) is 0.405. The molecule has 146 valence electrons. The number of aryl methyl sites for hydroxylation is 3. The fourth-order valence-corrected chi connectivity index (χ4v) is 3.31. The molecule has 0 aliphatic heterocycles. The molecule has 1 N–H and O–H groups in total. The average Bonchev–Trinajstić information content (AvgIpc) is 3.09. The van der Waals surface area contributed by atoms with E-state index in [-0.39, 0.29) is 0 Å². The lowest BCUT2D eigenvalue weighted by molar-refractivity contribution is 0.269. The molecule has 1 aromatic heterocycles. The molecule has 3 rings (SSSR count). The summed E-state index contributed by atoms with van der Waals surface area (Å²) in [5, 5.41) is 7.00. The van der Waals surface area contributed by atoms with E-state index in [0.29, 0.717) is 19.0 Å². The zero-order valence-corrected chi connectivity index (χ0v) is 17.5. The minimum absolute atomic E-state index is 0.506. The Labute approximate surface area is 170 Å². The van der Waals surface area contributed by atoms with E-state index in [2.05, 4.69) is 47.6 Å². The third-order valence-electron chi connectivity index (χ3n) is 4.15. The van der Waals surface area contributed by atoms with E-state index in [1.807, 2.05) is 37.4 Å². The molecule has 5 nitrogen and oxygen atoms in total. The maximum atomic E-state index is 6.05. The highest BCUT2D eigenvalue weighted by atomic mass is 32.1. The molecule has 0 spiro atoms. The summed E-state index contributed by atoms with van der Waals surface area (Å²) in [6, 6.07) is 12.2. The smallest absolute Gasteiger partial charge is 0.203 e. The van der Waals surface area contributed by atoms with Gasteiger partial charge in [0.1, 0.15) is 6.61 Å². The number of hydrazone groups is 1. The summed E-state index contributed by atoms with van der Waals surface area (Å²) in [5.74, 6) is 1.44. The minimum atomic E-state index is 0.506. The molecule has 28 heavy (non-hydrogen) atoms. The Bertz CT molecular complexity index is 966. The van der Waals surface area contributed by atoms with Crippen molar-refractivity contribution < 1.29 is 9.47 Å². The van der Waals surface area contributed by atoms with Crippen LogP contribution >= 0.6 is 11.3 Å². The van der Waals surface area contributed by atoms with E-state index in [4.69, 9.17) is 9.47 Å². The Balaban J connectivity index is 1.70. The zero-order chi connectivity index (χ0) is 19.9. The molecular formula is C22H25N3O2S. The molecule has 0 bridgehead atoms. The first-order valence-electron chi connectivity index (χ1n) is 9.22. The van der Waals surface area contributed by atoms with Gasteiger partial charge in [-0.1, -0.05) is 23.8 Å². The highest BCUT2D eigenvalue weighted by Gasteiger charge is 2.08. The van der Waals surface area contributed by atoms with Crippen LogP contribution in [0.4, 0.5) is 5.13 Å². The number of rotatable bonds is 8. The first-order valence-corrected chi connectivity index (χ1v) is 10.1. The predicted octanol–water partition coefficient (Wildman–Crippen LogP) is 5.49. The Morgan fingerprint density at radius 3 is 2.68 bits per heavy atom. The molecule has 0 saturated heterocycles. The molecule has 0 amide bonds. The third-order valence-corrected chi connectivity index (χ3v) is 5.01. The van der Waals surface area contributed by atoms with E-state index < -0.39 is 0 Å². The Morgan fingerprint density at radius 1 is 1.07 bits per heavy atom. The summed E-state index contributed by atoms with van der Waals surface area (Å²) in [5.41, 5.74) is 8.46. The maximum Gasteiger partial charge on any atom is 0.203 e. The molecule has 0 aliphatic rings. The average molecular weight is 396 g/mol. The number of hydrogen-bond acceptors (Lipinski definition) is 6. The van der Waals surface area contributed by atoms with Crippen LogP contribution in [0.25, 0.3) is 0 Å². The van der Waals surface area contributed by atoms with Gasteiger partial charge in [-0.3, -0.25) is 5.43 Å². The largest absolute Gasteiger partial charge is 0.490 e. The first-order chi connectivity index (χ1) is 13.5. The molecule has 2 aromatic carbocycles. The molecule has 1 heterocycles. The molecule has 0 atom stereocenters. The number of anilines is 1. The fourth-order valence-electron chi connectivity index (χ4n) is 2.67. The van der Waals surface area contributed by atoms with Gasteiger partial charge in [0, 0.05) is 5.38 Å². The molecule has 0 radical (unpaired) electrons. The number of hydrogen-bond donors (Lipinski definition) is 1. The normalized spacial score (nSPS) is 11.0. The molecular weight excluding hydrogens is 370 g/mol. The van der Waals surface area contributed by atoms with Crippen molar-refractivity contribution in [1.82, 2.24) is 4.98 Å². The summed E-state index contributed by atoms with van der Waals surface area (Å²) in [7, 11) is 0. The number of nitrogens with zero attached hydrogens (tertiary/aromatic N) is 2. The van der Waals surface area contributed by atoms with Crippen molar-refractivity contribution in [3.63, 3.8) is 0 Å². The summed E-state index contributed by atoms with van der Waals surface area (Å²) < 4.78 is 11.8. The van der Waals surface area contributed by atoms with Crippen LogP contribution in [0.5, 0.6) is 11.5 Å². The summed E-state index contributed by atoms with van der Waals surface area (Å²) >= 11 is 1.52. The van der Waals surface area contributed by atoms with Gasteiger partial charge in [-0.15, -0.1) is 11.3 Å². The van der Waals surface area contributed by atoms with Gasteiger partial charge in [-0.25, -0.2) is 4.98 Å². The van der Waals surface area contributed by atoms with Crippen molar-refractivity contribution in [1.29, 1.82) is 0 Å². The number of nitrogens with one attached hydrogen (secondary N) is 1. The topological polar surface area (TPSA) is 55.7 Å². The lowest BCUT2D eigenvalue weighted by Crippen LogP contribution is -2.02. The molecule has 0 unspecified atom stereocenters. The first kappa shape index (κ1) is 19.9. The SMILES string of the molecule is CCOc1cc(/C=N\Nc2nc(C)cs2)ccc1OCc1cc(C)ccc1C. The monoisotopic (exact) mass is 395 g/mol. The van der Waals surface area contributed by atoms with Crippen molar-refractivity contribution >= 4 is 22.7 Å². The number of thiazole rings is 1. The maximum absolute atomic E-state index is 6.05. The lowest BCUT2D eigenvalue weighted by Gasteiger charge is -2.14. The Morgan fingerprint density at radius 2 is 1.93 bits per heavy atom. The fraction of sp³-hybridized carbons (Fsp3) is 0.273. The van der Waals surface area contributed by atoms with Crippen LogP contribution in [-0.4, -0.2) is 17.8 Å². The molecule has 0 aliphatic carbocycles. The van der Waals surface area contributed by atoms with Crippen LogP contribution in [0.2, 0.25) is 0 Å². The van der Waals surface area contributed by atoms with Gasteiger partial charge in [0.25, 0.3) is 0 Å². The van der Waals surface area contributed by atoms with E-state index in [9.17, 15) is 0 Å². The summed E-state index contributed by atoms with van der Waals surface area (Å²) in [6.07, 6.45) is 1.74. The second kappa shape index (κ2) is 9.37. The zero-order valence-electron chi connectivity index (χ0n) is 16.7. The second-order valence-corrected chi connectivity index (χ2v) is 7.38. The van der Waals surface area contributed by atoms with Crippen molar-refractivity contribution in [2.75, 3.05) is 12.0 Å². The number of benzene rings is 2. The third kappa shape index (κ3) is 5.33. The van der Waals surface area contributed by atoms with Crippen molar-refractivity contribution in [3.05, 3.63) is 69.7 Å². The lowest BCUT2D eigenvalue weighted by atomic mass is 10.1. The molecule has 0 saturated carbocycles. The Kier molecular flexibility index (Phi) is 6.66. The number of ether oxygens (including phenoxy) is 2. The van der Waals surface area contributed by atoms with Crippen molar-refractivity contribution in [3.8, 4) is 11.5 Å². The summed E-state index contributed by atoms with van der Waals surface area (Å²) in [4.78, 5) is 4.32. The van der Waals surface area contributed by atoms with Gasteiger partial charge in [0.15, 0.2) is 11.5 Å². The van der Waals surface area contributed by atoms with E-state index in [1.165, 1.54) is 28.0 Å². The molecule has 0 fully saturated rings. The molecule has 3 aromatic rings. The van der Waals surface area contributed by atoms with Crippen LogP contribution in [0.1, 0.15) is 34.9 Å². The summed E-state index contributed by atoms with van der Waals surface area (Å²) in [6.45, 7) is 9.17. The van der Waals surface area contributed by atoms with Crippen LogP contribution in [0, 0.1) is 20.8 Å². The van der Waals surface area contributed by atoms with Crippen LogP contribution in [0.3, 0.4) is 0 Å². The van der Waals surface area contributed by atoms with E-state index >= 15 is 0 Å². The van der Waals surface area contributed by atoms with Gasteiger partial charge >= 0.3 is 0 Å². The van der Waals surface area contributed by atoms with E-state index in [1.54, 1.807) is 6.21 Å². The molecule has 6 heteroatoms. The van der Waals surface area contributed by atoms with Gasteiger partial charge in [-0.2, -0.15) is 5.10 Å². The van der Waals surface area contributed by atoms with Gasteiger partial charge < -0.3 is 9.47 Å². The van der Waals surface area contributed by atoms with Crippen LogP contribution < -0.4 is 14.9 Å². The van der Waals surface area contributed by atoms with Gasteiger partial charge in [0.2, 0.25) is 5.13 Å². The van der Waals surface area contributed by atoms with Crippen LogP contribution in [-0.2, 0) is 6.61 Å². The van der Waals surface area contributed by atoms with Gasteiger partial charge in [-0.05, 0) is 62.6 Å². The highest BCUT2D eigenvalue weighted by molar-refractivity contribution is 7.13. The second-order valence-electron chi connectivity index (χ2n) is 6.52.